The SMILES string of the molecule is O=C([C@@H]1COc2ccccc2O1)N1CCN(c2nc3c(F)cccc3s2)CC1. The molecule has 2 aliphatic heterocycles. The molecule has 1 atom stereocenters. The molecule has 0 saturated carbocycles. The van der Waals surface area contributed by atoms with Gasteiger partial charge in [-0.15, -0.1) is 0 Å². The lowest BCUT2D eigenvalue weighted by Gasteiger charge is -2.37. The lowest BCUT2D eigenvalue weighted by molar-refractivity contribution is -0.141. The van der Waals surface area contributed by atoms with E-state index in [0.717, 1.165) is 9.83 Å². The lowest BCUT2D eigenvalue weighted by atomic mass is 10.2. The number of piperazine rings is 1. The van der Waals surface area contributed by atoms with Gasteiger partial charge in [0.05, 0.1) is 4.70 Å². The monoisotopic (exact) mass is 399 g/mol. The molecule has 0 radical (unpaired) electrons. The minimum Gasteiger partial charge on any atom is -0.485 e. The van der Waals surface area contributed by atoms with E-state index in [4.69, 9.17) is 9.47 Å². The molecule has 8 heteroatoms. The van der Waals surface area contributed by atoms with Crippen LogP contribution in [-0.4, -0.2) is 54.7 Å². The molecule has 3 heterocycles. The summed E-state index contributed by atoms with van der Waals surface area (Å²) < 4.78 is 26.2. The third kappa shape index (κ3) is 3.03. The van der Waals surface area contributed by atoms with Crippen LogP contribution in [0.15, 0.2) is 42.5 Å². The number of thiazole rings is 1. The van der Waals surface area contributed by atoms with Crippen molar-refractivity contribution in [1.82, 2.24) is 9.88 Å². The number of para-hydroxylation sites is 3. The first-order valence-corrected chi connectivity index (χ1v) is 9.98. The number of amides is 1. The van der Waals surface area contributed by atoms with Crippen LogP contribution in [0.5, 0.6) is 11.5 Å². The smallest absolute Gasteiger partial charge is 0.267 e. The summed E-state index contributed by atoms with van der Waals surface area (Å²) in [5.41, 5.74) is 0.410. The van der Waals surface area contributed by atoms with E-state index in [-0.39, 0.29) is 18.3 Å². The average Bonchev–Trinajstić information content (AvgIpc) is 3.19. The predicted molar refractivity (Wildman–Crippen MR) is 105 cm³/mol. The van der Waals surface area contributed by atoms with Crippen molar-refractivity contribution in [3.63, 3.8) is 0 Å². The topological polar surface area (TPSA) is 54.9 Å². The summed E-state index contributed by atoms with van der Waals surface area (Å²) in [7, 11) is 0. The molecule has 2 aromatic carbocycles. The summed E-state index contributed by atoms with van der Waals surface area (Å²) >= 11 is 1.47. The van der Waals surface area contributed by atoms with Crippen molar-refractivity contribution >= 4 is 32.6 Å². The van der Waals surface area contributed by atoms with Gasteiger partial charge in [0.25, 0.3) is 5.91 Å². The van der Waals surface area contributed by atoms with E-state index in [1.807, 2.05) is 24.3 Å². The number of carbonyl (C=O) groups excluding carboxylic acids is 1. The molecule has 6 nitrogen and oxygen atoms in total. The molecule has 1 amide bonds. The van der Waals surface area contributed by atoms with E-state index in [9.17, 15) is 9.18 Å². The Labute approximate surface area is 165 Å². The van der Waals surface area contributed by atoms with E-state index in [1.54, 1.807) is 17.0 Å². The zero-order valence-electron chi connectivity index (χ0n) is 15.0. The van der Waals surface area contributed by atoms with Crippen molar-refractivity contribution in [3.05, 3.63) is 48.3 Å². The van der Waals surface area contributed by atoms with Crippen LogP contribution in [0, 0.1) is 5.82 Å². The van der Waals surface area contributed by atoms with Gasteiger partial charge >= 0.3 is 0 Å². The quantitative estimate of drug-likeness (QED) is 0.663. The zero-order valence-corrected chi connectivity index (χ0v) is 15.8. The van der Waals surface area contributed by atoms with Gasteiger partial charge in [-0.2, -0.15) is 0 Å². The Hall–Kier alpha value is -2.87. The van der Waals surface area contributed by atoms with Crippen molar-refractivity contribution in [2.24, 2.45) is 0 Å². The van der Waals surface area contributed by atoms with Crippen LogP contribution < -0.4 is 14.4 Å². The molecule has 0 N–H and O–H groups in total. The zero-order chi connectivity index (χ0) is 19.1. The van der Waals surface area contributed by atoms with Gasteiger partial charge in [-0.3, -0.25) is 4.79 Å². The summed E-state index contributed by atoms with van der Waals surface area (Å²) in [6.07, 6.45) is -0.627. The number of anilines is 1. The molecular formula is C20H18FN3O3S. The highest BCUT2D eigenvalue weighted by molar-refractivity contribution is 7.22. The van der Waals surface area contributed by atoms with Crippen LogP contribution >= 0.6 is 11.3 Å². The number of ether oxygens (including phenoxy) is 2. The maximum absolute atomic E-state index is 13.9. The lowest BCUT2D eigenvalue weighted by Crippen LogP contribution is -2.54. The number of halogens is 1. The third-order valence-corrected chi connectivity index (χ3v) is 6.09. The fraction of sp³-hybridized carbons (Fsp3) is 0.300. The Bertz CT molecular complexity index is 1030. The minimum absolute atomic E-state index is 0.0653. The summed E-state index contributed by atoms with van der Waals surface area (Å²) in [6, 6.07) is 12.4. The second-order valence-electron chi connectivity index (χ2n) is 6.76. The summed E-state index contributed by atoms with van der Waals surface area (Å²) in [5.74, 6) is 0.898. The largest absolute Gasteiger partial charge is 0.485 e. The second-order valence-corrected chi connectivity index (χ2v) is 7.77. The molecular weight excluding hydrogens is 381 g/mol. The van der Waals surface area contributed by atoms with E-state index in [2.05, 4.69) is 9.88 Å². The van der Waals surface area contributed by atoms with E-state index in [0.29, 0.717) is 43.2 Å². The number of hydrogen-bond acceptors (Lipinski definition) is 6. The van der Waals surface area contributed by atoms with Crippen molar-refractivity contribution in [1.29, 1.82) is 0 Å². The molecule has 3 aromatic rings. The molecule has 0 bridgehead atoms. The second kappa shape index (κ2) is 6.94. The third-order valence-electron chi connectivity index (χ3n) is 5.00. The van der Waals surface area contributed by atoms with E-state index < -0.39 is 6.10 Å². The highest BCUT2D eigenvalue weighted by atomic mass is 32.1. The molecule has 2 aliphatic rings. The Morgan fingerprint density at radius 2 is 1.86 bits per heavy atom. The Balaban J connectivity index is 1.24. The average molecular weight is 399 g/mol. The number of hydrogen-bond donors (Lipinski definition) is 0. The van der Waals surface area contributed by atoms with Crippen molar-refractivity contribution in [2.75, 3.05) is 37.7 Å². The van der Waals surface area contributed by atoms with Gasteiger partial charge < -0.3 is 19.3 Å². The number of fused-ring (bicyclic) bond motifs is 2. The molecule has 5 rings (SSSR count). The highest BCUT2D eigenvalue weighted by Crippen LogP contribution is 2.32. The minimum atomic E-state index is -0.627. The van der Waals surface area contributed by atoms with Crippen molar-refractivity contribution < 1.29 is 18.7 Å². The van der Waals surface area contributed by atoms with Gasteiger partial charge in [0.2, 0.25) is 6.10 Å². The highest BCUT2D eigenvalue weighted by Gasteiger charge is 2.33. The van der Waals surface area contributed by atoms with Crippen LogP contribution in [0.4, 0.5) is 9.52 Å². The van der Waals surface area contributed by atoms with Crippen molar-refractivity contribution in [3.8, 4) is 11.5 Å². The molecule has 0 unspecified atom stereocenters. The first-order valence-electron chi connectivity index (χ1n) is 9.16. The van der Waals surface area contributed by atoms with Crippen LogP contribution in [0.25, 0.3) is 10.2 Å². The molecule has 144 valence electrons. The van der Waals surface area contributed by atoms with Crippen LogP contribution in [-0.2, 0) is 4.79 Å². The van der Waals surface area contributed by atoms with Gasteiger partial charge in [0, 0.05) is 26.2 Å². The maximum atomic E-state index is 13.9. The van der Waals surface area contributed by atoms with Crippen LogP contribution in [0.3, 0.4) is 0 Å². The number of aromatic nitrogens is 1. The number of nitrogens with zero attached hydrogens (tertiary/aromatic N) is 3. The maximum Gasteiger partial charge on any atom is 0.267 e. The number of benzene rings is 2. The Morgan fingerprint density at radius 1 is 1.07 bits per heavy atom. The Kier molecular flexibility index (Phi) is 4.27. The molecule has 0 spiro atoms. The van der Waals surface area contributed by atoms with Gasteiger partial charge in [0.1, 0.15) is 17.9 Å². The van der Waals surface area contributed by atoms with E-state index >= 15 is 0 Å². The summed E-state index contributed by atoms with van der Waals surface area (Å²) in [5, 5.41) is 0.790. The van der Waals surface area contributed by atoms with Crippen molar-refractivity contribution in [2.45, 2.75) is 6.10 Å². The normalized spacial score (nSPS) is 19.1. The van der Waals surface area contributed by atoms with Gasteiger partial charge in [-0.1, -0.05) is 29.5 Å². The van der Waals surface area contributed by atoms with E-state index in [1.165, 1.54) is 17.4 Å². The number of carbonyl (C=O) groups is 1. The van der Waals surface area contributed by atoms with Crippen LogP contribution in [0.1, 0.15) is 0 Å². The molecule has 28 heavy (non-hydrogen) atoms. The standard InChI is InChI=1S/C20H18FN3O3S/c21-13-4-3-7-17-18(13)22-20(28-17)24-10-8-23(9-11-24)19(25)16-12-26-14-5-1-2-6-15(14)27-16/h1-7,16H,8-12H2/t16-/m0/s1. The molecule has 1 fully saturated rings. The first kappa shape index (κ1) is 17.2. The number of rotatable bonds is 2. The predicted octanol–water partition coefficient (Wildman–Crippen LogP) is 2.92. The van der Waals surface area contributed by atoms with Gasteiger partial charge in [-0.25, -0.2) is 9.37 Å². The summed E-state index contributed by atoms with van der Waals surface area (Å²) in [6.45, 7) is 2.65. The Morgan fingerprint density at radius 3 is 2.64 bits per heavy atom. The van der Waals surface area contributed by atoms with Gasteiger partial charge in [-0.05, 0) is 24.3 Å². The van der Waals surface area contributed by atoms with Gasteiger partial charge in [0.15, 0.2) is 16.6 Å². The fourth-order valence-electron chi connectivity index (χ4n) is 3.50. The molecule has 0 aliphatic carbocycles. The molecule has 1 aromatic heterocycles. The first-order chi connectivity index (χ1) is 13.7. The summed E-state index contributed by atoms with van der Waals surface area (Å²) in [4.78, 5) is 21.2. The molecule has 1 saturated heterocycles. The fourth-order valence-corrected chi connectivity index (χ4v) is 4.53. The van der Waals surface area contributed by atoms with Crippen LogP contribution in [0.2, 0.25) is 0 Å².